The van der Waals surface area contributed by atoms with E-state index in [1.54, 1.807) is 0 Å². The highest BCUT2D eigenvalue weighted by atomic mass is 16.2. The van der Waals surface area contributed by atoms with Crippen LogP contribution in [0.1, 0.15) is 48.6 Å². The lowest BCUT2D eigenvalue weighted by Gasteiger charge is -2.49. The fourth-order valence-corrected chi connectivity index (χ4v) is 6.26. The molecule has 0 aromatic heterocycles. The molecule has 2 atom stereocenters. The number of hydrogen-bond donors (Lipinski definition) is 1. The highest BCUT2D eigenvalue weighted by Crippen LogP contribution is 2.53. The SMILES string of the molecule is CN(C(=O)CN1CCCC1)C12CNC(=O)C(C(c3ccccc3)C1)C(c1ccccc1)C2. The first-order valence-electron chi connectivity index (χ1n) is 11.9. The molecule has 3 saturated heterocycles. The van der Waals surface area contributed by atoms with Gasteiger partial charge in [0, 0.05) is 13.6 Å². The molecule has 1 aliphatic carbocycles. The van der Waals surface area contributed by atoms with Crippen molar-refractivity contribution in [2.24, 2.45) is 5.92 Å². The van der Waals surface area contributed by atoms with Crippen molar-refractivity contribution in [3.05, 3.63) is 71.8 Å². The van der Waals surface area contributed by atoms with Crippen LogP contribution in [0, 0.1) is 5.92 Å². The normalized spacial score (nSPS) is 30.0. The van der Waals surface area contributed by atoms with Crippen molar-refractivity contribution in [1.82, 2.24) is 15.1 Å². The van der Waals surface area contributed by atoms with Crippen LogP contribution < -0.4 is 5.32 Å². The minimum atomic E-state index is -0.388. The zero-order valence-corrected chi connectivity index (χ0v) is 18.9. The van der Waals surface area contributed by atoms with Crippen LogP contribution in [0.2, 0.25) is 0 Å². The van der Waals surface area contributed by atoms with E-state index >= 15 is 0 Å². The Balaban J connectivity index is 1.53. The summed E-state index contributed by atoms with van der Waals surface area (Å²) >= 11 is 0. The van der Waals surface area contributed by atoms with E-state index in [1.165, 1.54) is 24.0 Å². The summed E-state index contributed by atoms with van der Waals surface area (Å²) in [6, 6.07) is 20.8. The molecule has 5 heteroatoms. The molecule has 0 spiro atoms. The zero-order valence-electron chi connectivity index (χ0n) is 18.9. The molecule has 3 heterocycles. The third-order valence-corrected chi connectivity index (χ3v) is 8.06. The van der Waals surface area contributed by atoms with Crippen molar-refractivity contribution in [1.29, 1.82) is 0 Å². The average Bonchev–Trinajstić information content (AvgIpc) is 3.25. The fourth-order valence-electron chi connectivity index (χ4n) is 6.26. The number of likely N-dealkylation sites (N-methyl/N-ethyl adjacent to an activating group) is 1. The van der Waals surface area contributed by atoms with Crippen molar-refractivity contribution in [2.75, 3.05) is 33.2 Å². The summed E-state index contributed by atoms with van der Waals surface area (Å²) in [5.41, 5.74) is 2.00. The zero-order chi connectivity index (χ0) is 22.1. The maximum atomic E-state index is 13.4. The first kappa shape index (κ1) is 21.2. The molecular formula is C27H33N3O2. The minimum Gasteiger partial charge on any atom is -0.353 e. The molecule has 168 valence electrons. The van der Waals surface area contributed by atoms with Crippen molar-refractivity contribution < 1.29 is 9.59 Å². The van der Waals surface area contributed by atoms with Gasteiger partial charge in [-0.3, -0.25) is 14.5 Å². The van der Waals surface area contributed by atoms with E-state index in [2.05, 4.69) is 58.7 Å². The van der Waals surface area contributed by atoms with E-state index in [4.69, 9.17) is 0 Å². The largest absolute Gasteiger partial charge is 0.353 e. The lowest BCUT2D eigenvalue weighted by atomic mass is 9.61. The molecule has 2 amide bonds. The van der Waals surface area contributed by atoms with E-state index < -0.39 is 0 Å². The summed E-state index contributed by atoms with van der Waals surface area (Å²) in [5.74, 6) is 0.324. The third-order valence-electron chi connectivity index (χ3n) is 8.06. The van der Waals surface area contributed by atoms with Gasteiger partial charge in [-0.15, -0.1) is 0 Å². The maximum absolute atomic E-state index is 13.4. The Morgan fingerprint density at radius 3 is 2.03 bits per heavy atom. The third kappa shape index (κ3) is 3.83. The van der Waals surface area contributed by atoms with E-state index in [9.17, 15) is 9.59 Å². The number of benzene rings is 2. The topological polar surface area (TPSA) is 52.7 Å². The number of amides is 2. The second-order valence-electron chi connectivity index (χ2n) is 9.85. The molecule has 5 nitrogen and oxygen atoms in total. The van der Waals surface area contributed by atoms with Gasteiger partial charge in [0.2, 0.25) is 11.8 Å². The number of hydrogen-bond acceptors (Lipinski definition) is 3. The number of nitrogens with one attached hydrogen (secondary N) is 1. The molecule has 2 aromatic carbocycles. The second kappa shape index (κ2) is 8.70. The summed E-state index contributed by atoms with van der Waals surface area (Å²) in [7, 11) is 1.96. The summed E-state index contributed by atoms with van der Waals surface area (Å²) in [4.78, 5) is 31.1. The molecule has 2 bridgehead atoms. The Hall–Kier alpha value is -2.66. The number of rotatable bonds is 5. The maximum Gasteiger partial charge on any atom is 0.237 e. The lowest BCUT2D eigenvalue weighted by molar-refractivity contribution is -0.138. The molecule has 1 N–H and O–H groups in total. The Bertz CT molecular complexity index is 906. The van der Waals surface area contributed by atoms with Gasteiger partial charge in [-0.1, -0.05) is 60.7 Å². The van der Waals surface area contributed by atoms with Gasteiger partial charge in [0.1, 0.15) is 0 Å². The minimum absolute atomic E-state index is 0.0830. The molecule has 2 aromatic rings. The van der Waals surface area contributed by atoms with Gasteiger partial charge in [-0.25, -0.2) is 0 Å². The predicted octanol–water partition coefficient (Wildman–Crippen LogP) is 3.39. The van der Waals surface area contributed by atoms with Crippen molar-refractivity contribution in [2.45, 2.75) is 43.1 Å². The van der Waals surface area contributed by atoms with Crippen LogP contribution >= 0.6 is 0 Å². The quantitative estimate of drug-likeness (QED) is 0.790. The first-order chi connectivity index (χ1) is 15.6. The summed E-state index contributed by atoms with van der Waals surface area (Å²) < 4.78 is 0. The highest BCUT2D eigenvalue weighted by molar-refractivity contribution is 5.83. The molecular weight excluding hydrogens is 398 g/mol. The van der Waals surface area contributed by atoms with E-state index in [0.29, 0.717) is 13.1 Å². The molecule has 6 rings (SSSR count). The lowest BCUT2D eigenvalue weighted by Crippen LogP contribution is -2.58. The number of carbonyl (C=O) groups excluding carboxylic acids is 2. The van der Waals surface area contributed by atoms with Crippen LogP contribution in [-0.4, -0.2) is 60.4 Å². The molecule has 0 radical (unpaired) electrons. The Kier molecular flexibility index (Phi) is 5.76. The molecule has 4 fully saturated rings. The van der Waals surface area contributed by atoms with Gasteiger partial charge in [-0.05, 0) is 61.7 Å². The van der Waals surface area contributed by atoms with Gasteiger partial charge in [0.05, 0.1) is 18.0 Å². The number of carbonyl (C=O) groups is 2. The monoisotopic (exact) mass is 431 g/mol. The van der Waals surface area contributed by atoms with Crippen LogP contribution in [0.3, 0.4) is 0 Å². The summed E-state index contributed by atoms with van der Waals surface area (Å²) in [6.45, 7) is 3.01. The molecule has 3 aliphatic heterocycles. The molecule has 4 aliphatic rings. The Morgan fingerprint density at radius 1 is 0.969 bits per heavy atom. The van der Waals surface area contributed by atoms with Crippen LogP contribution in [0.4, 0.5) is 0 Å². The Labute approximate surface area is 190 Å². The van der Waals surface area contributed by atoms with E-state index in [0.717, 1.165) is 25.9 Å². The van der Waals surface area contributed by atoms with Crippen molar-refractivity contribution in [3.63, 3.8) is 0 Å². The Morgan fingerprint density at radius 2 is 1.50 bits per heavy atom. The van der Waals surface area contributed by atoms with Gasteiger partial charge in [0.15, 0.2) is 0 Å². The molecule has 1 saturated carbocycles. The fraction of sp³-hybridized carbons (Fsp3) is 0.481. The average molecular weight is 432 g/mol. The summed E-state index contributed by atoms with van der Waals surface area (Å²) in [5, 5.41) is 3.23. The molecule has 32 heavy (non-hydrogen) atoms. The van der Waals surface area contributed by atoms with Crippen molar-refractivity contribution in [3.8, 4) is 0 Å². The van der Waals surface area contributed by atoms with Crippen LogP contribution in [0.15, 0.2) is 60.7 Å². The van der Waals surface area contributed by atoms with Gasteiger partial charge >= 0.3 is 0 Å². The highest BCUT2D eigenvalue weighted by Gasteiger charge is 2.55. The van der Waals surface area contributed by atoms with E-state index in [1.807, 2.05) is 24.1 Å². The first-order valence-corrected chi connectivity index (χ1v) is 11.9. The van der Waals surface area contributed by atoms with Gasteiger partial charge < -0.3 is 10.2 Å². The standard InChI is InChI=1S/C27H33N3O2/c1-29(24(31)18-30-14-8-9-15-30)27-16-22(20-10-4-2-5-11-20)25(26(32)28-19-27)23(17-27)21-12-6-3-7-13-21/h2-7,10-13,22-23,25H,8-9,14-19H2,1H3,(H,28,32). The molecule has 2 unspecified atom stereocenters. The number of likely N-dealkylation sites (tertiary alicyclic amines) is 1. The van der Waals surface area contributed by atoms with Crippen LogP contribution in [0.25, 0.3) is 0 Å². The van der Waals surface area contributed by atoms with E-state index in [-0.39, 0.29) is 35.1 Å². The summed E-state index contributed by atoms with van der Waals surface area (Å²) in [6.07, 6.45) is 3.97. The van der Waals surface area contributed by atoms with Gasteiger partial charge in [-0.2, -0.15) is 0 Å². The van der Waals surface area contributed by atoms with Gasteiger partial charge in [0.25, 0.3) is 0 Å². The second-order valence-corrected chi connectivity index (χ2v) is 9.85. The smallest absolute Gasteiger partial charge is 0.237 e. The predicted molar refractivity (Wildman–Crippen MR) is 125 cm³/mol. The number of nitrogens with zero attached hydrogens (tertiary/aromatic N) is 2. The number of fused-ring (bicyclic) bond motifs is 4. The van der Waals surface area contributed by atoms with Crippen molar-refractivity contribution >= 4 is 11.8 Å². The van der Waals surface area contributed by atoms with Crippen LogP contribution in [-0.2, 0) is 9.59 Å². The van der Waals surface area contributed by atoms with Crippen LogP contribution in [0.5, 0.6) is 0 Å².